The number of nitriles is 1. The first-order chi connectivity index (χ1) is 8.85. The average molecular weight is 281 g/mol. The van der Waals surface area contributed by atoms with Crippen molar-refractivity contribution in [3.63, 3.8) is 0 Å². The summed E-state index contributed by atoms with van der Waals surface area (Å²) in [5, 5.41) is 18.5. The summed E-state index contributed by atoms with van der Waals surface area (Å²) in [7, 11) is -3.59. The van der Waals surface area contributed by atoms with Gasteiger partial charge in [-0.15, -0.1) is 0 Å². The number of piperidine rings is 1. The highest BCUT2D eigenvalue weighted by Crippen LogP contribution is 2.25. The molecule has 1 N–H and O–H groups in total. The molecule has 0 bridgehead atoms. The molecule has 0 spiro atoms. The van der Waals surface area contributed by atoms with Gasteiger partial charge in [-0.3, -0.25) is 0 Å². The molecule has 6 nitrogen and oxygen atoms in total. The molecule has 0 unspecified atom stereocenters. The highest BCUT2D eigenvalue weighted by Gasteiger charge is 2.34. The minimum Gasteiger partial charge on any atom is -0.390 e. The van der Waals surface area contributed by atoms with Crippen molar-refractivity contribution in [2.24, 2.45) is 0 Å². The molecule has 1 aromatic rings. The number of pyridine rings is 1. The summed E-state index contributed by atoms with van der Waals surface area (Å²) in [5.74, 6) is 0. The molecule has 0 saturated carbocycles. The van der Waals surface area contributed by atoms with E-state index >= 15 is 0 Å². The third kappa shape index (κ3) is 2.92. The van der Waals surface area contributed by atoms with Gasteiger partial charge in [-0.2, -0.15) is 9.57 Å². The third-order valence-corrected chi connectivity index (χ3v) is 5.17. The van der Waals surface area contributed by atoms with E-state index in [0.717, 1.165) is 0 Å². The summed E-state index contributed by atoms with van der Waals surface area (Å²) in [6.07, 6.45) is 2.02. The lowest BCUT2D eigenvalue weighted by molar-refractivity contribution is 0.0126. The molecule has 1 aromatic heterocycles. The Morgan fingerprint density at radius 1 is 1.42 bits per heavy atom. The van der Waals surface area contributed by atoms with Crippen LogP contribution in [0.25, 0.3) is 0 Å². The van der Waals surface area contributed by atoms with Crippen LogP contribution >= 0.6 is 0 Å². The van der Waals surface area contributed by atoms with Gasteiger partial charge < -0.3 is 5.11 Å². The molecule has 0 aromatic carbocycles. The van der Waals surface area contributed by atoms with Crippen LogP contribution in [0.5, 0.6) is 0 Å². The fourth-order valence-electron chi connectivity index (χ4n) is 1.96. The SMILES string of the molecule is CC1(O)CCN(S(=O)(=O)c2ccc(C#N)nc2)CC1. The molecule has 0 radical (unpaired) electrons. The van der Waals surface area contributed by atoms with E-state index in [4.69, 9.17) is 5.26 Å². The van der Waals surface area contributed by atoms with Crippen LogP contribution in [-0.4, -0.2) is 41.5 Å². The minimum absolute atomic E-state index is 0.0769. The van der Waals surface area contributed by atoms with Gasteiger partial charge in [0.1, 0.15) is 16.7 Å². The Hall–Kier alpha value is -1.49. The molecule has 1 saturated heterocycles. The van der Waals surface area contributed by atoms with E-state index < -0.39 is 15.6 Å². The van der Waals surface area contributed by atoms with E-state index in [0.29, 0.717) is 12.8 Å². The van der Waals surface area contributed by atoms with Gasteiger partial charge in [-0.1, -0.05) is 0 Å². The van der Waals surface area contributed by atoms with Crippen molar-refractivity contribution in [2.75, 3.05) is 13.1 Å². The van der Waals surface area contributed by atoms with Crippen LogP contribution in [-0.2, 0) is 10.0 Å². The number of sulfonamides is 1. The number of hydrogen-bond donors (Lipinski definition) is 1. The molecular weight excluding hydrogens is 266 g/mol. The van der Waals surface area contributed by atoms with Crippen LogP contribution in [0.15, 0.2) is 23.2 Å². The lowest BCUT2D eigenvalue weighted by Crippen LogP contribution is -2.45. The second kappa shape index (κ2) is 4.89. The Morgan fingerprint density at radius 3 is 2.53 bits per heavy atom. The maximum atomic E-state index is 12.3. The van der Waals surface area contributed by atoms with Gasteiger partial charge in [-0.05, 0) is 31.9 Å². The third-order valence-electron chi connectivity index (χ3n) is 3.29. The predicted molar refractivity (Wildman–Crippen MR) is 67.6 cm³/mol. The lowest BCUT2D eigenvalue weighted by atomic mass is 9.95. The Bertz CT molecular complexity index is 592. The van der Waals surface area contributed by atoms with Gasteiger partial charge in [0, 0.05) is 19.3 Å². The number of aromatic nitrogens is 1. The van der Waals surface area contributed by atoms with Gasteiger partial charge in [0.05, 0.1) is 5.60 Å². The van der Waals surface area contributed by atoms with E-state index in [1.165, 1.54) is 22.6 Å². The largest absolute Gasteiger partial charge is 0.390 e. The van der Waals surface area contributed by atoms with Crippen molar-refractivity contribution in [1.29, 1.82) is 5.26 Å². The first-order valence-corrected chi connectivity index (χ1v) is 7.38. The molecule has 1 aliphatic rings. The predicted octanol–water partition coefficient (Wildman–Crippen LogP) is 0.489. The first-order valence-electron chi connectivity index (χ1n) is 5.94. The smallest absolute Gasteiger partial charge is 0.244 e. The first kappa shape index (κ1) is 13.9. The van der Waals surface area contributed by atoms with Gasteiger partial charge in [-0.25, -0.2) is 13.4 Å². The van der Waals surface area contributed by atoms with Crippen molar-refractivity contribution in [3.05, 3.63) is 24.0 Å². The fourth-order valence-corrected chi connectivity index (χ4v) is 3.34. The monoisotopic (exact) mass is 281 g/mol. The topological polar surface area (TPSA) is 94.3 Å². The van der Waals surface area contributed by atoms with E-state index in [9.17, 15) is 13.5 Å². The molecule has 1 aliphatic heterocycles. The summed E-state index contributed by atoms with van der Waals surface area (Å²) in [4.78, 5) is 3.85. The summed E-state index contributed by atoms with van der Waals surface area (Å²) < 4.78 is 26.0. The molecule has 0 aliphatic carbocycles. The number of hydrogen-bond acceptors (Lipinski definition) is 5. The van der Waals surface area contributed by atoms with Crippen molar-refractivity contribution >= 4 is 10.0 Å². The Balaban J connectivity index is 2.21. The highest BCUT2D eigenvalue weighted by atomic mass is 32.2. The summed E-state index contributed by atoms with van der Waals surface area (Å²) in [6.45, 7) is 2.28. The van der Waals surface area contributed by atoms with Crippen molar-refractivity contribution in [2.45, 2.75) is 30.3 Å². The molecule has 7 heteroatoms. The van der Waals surface area contributed by atoms with E-state index in [1.54, 1.807) is 6.92 Å². The van der Waals surface area contributed by atoms with Crippen LogP contribution in [0.3, 0.4) is 0 Å². The average Bonchev–Trinajstić information content (AvgIpc) is 2.38. The molecule has 1 fully saturated rings. The second-order valence-corrected chi connectivity index (χ2v) is 6.83. The maximum absolute atomic E-state index is 12.3. The van der Waals surface area contributed by atoms with Gasteiger partial charge in [0.25, 0.3) is 0 Å². The molecule has 2 rings (SSSR count). The summed E-state index contributed by atoms with van der Waals surface area (Å²) >= 11 is 0. The quantitative estimate of drug-likeness (QED) is 0.851. The zero-order chi connectivity index (χ0) is 14.1. The molecule has 102 valence electrons. The second-order valence-electron chi connectivity index (χ2n) is 4.89. The fraction of sp³-hybridized carbons (Fsp3) is 0.500. The molecule has 0 atom stereocenters. The van der Waals surface area contributed by atoms with Crippen molar-refractivity contribution < 1.29 is 13.5 Å². The normalized spacial score (nSPS) is 19.8. The van der Waals surface area contributed by atoms with Crippen LogP contribution in [0, 0.1) is 11.3 Å². The Labute approximate surface area is 112 Å². The van der Waals surface area contributed by atoms with Crippen LogP contribution < -0.4 is 0 Å². The zero-order valence-corrected chi connectivity index (χ0v) is 11.4. The van der Waals surface area contributed by atoms with Crippen LogP contribution in [0.2, 0.25) is 0 Å². The van der Waals surface area contributed by atoms with E-state index in [2.05, 4.69) is 4.98 Å². The standard InChI is InChI=1S/C12H15N3O3S/c1-12(16)4-6-15(7-5-12)19(17,18)11-3-2-10(8-13)14-9-11/h2-3,9,16H,4-7H2,1H3. The molecule has 2 heterocycles. The molecule has 19 heavy (non-hydrogen) atoms. The van der Waals surface area contributed by atoms with Gasteiger partial charge >= 0.3 is 0 Å². The van der Waals surface area contributed by atoms with Crippen molar-refractivity contribution in [3.8, 4) is 6.07 Å². The summed E-state index contributed by atoms with van der Waals surface area (Å²) in [6, 6.07) is 4.61. The number of aliphatic hydroxyl groups is 1. The van der Waals surface area contributed by atoms with E-state index in [-0.39, 0.29) is 23.7 Å². The van der Waals surface area contributed by atoms with Crippen LogP contribution in [0.1, 0.15) is 25.5 Å². The molecular formula is C12H15N3O3S. The number of nitrogens with zero attached hydrogens (tertiary/aromatic N) is 3. The number of rotatable bonds is 2. The Kier molecular flexibility index (Phi) is 3.58. The van der Waals surface area contributed by atoms with Gasteiger partial charge in [0.2, 0.25) is 10.0 Å². The zero-order valence-electron chi connectivity index (χ0n) is 10.6. The molecule has 0 amide bonds. The van der Waals surface area contributed by atoms with E-state index in [1.807, 2.05) is 6.07 Å². The van der Waals surface area contributed by atoms with Crippen LogP contribution in [0.4, 0.5) is 0 Å². The minimum atomic E-state index is -3.59. The Morgan fingerprint density at radius 2 is 2.05 bits per heavy atom. The van der Waals surface area contributed by atoms with Crippen molar-refractivity contribution in [1.82, 2.24) is 9.29 Å². The summed E-state index contributed by atoms with van der Waals surface area (Å²) in [5.41, 5.74) is -0.616. The highest BCUT2D eigenvalue weighted by molar-refractivity contribution is 7.89. The van der Waals surface area contributed by atoms with Gasteiger partial charge in [0.15, 0.2) is 0 Å². The lowest BCUT2D eigenvalue weighted by Gasteiger charge is -2.34. The maximum Gasteiger partial charge on any atom is 0.244 e.